The van der Waals surface area contributed by atoms with E-state index in [0.717, 1.165) is 21.9 Å². The molecule has 25 heavy (non-hydrogen) atoms. The number of hydrogen-bond donors (Lipinski definition) is 1. The zero-order valence-electron chi connectivity index (χ0n) is 13.0. The van der Waals surface area contributed by atoms with E-state index in [0.29, 0.717) is 5.16 Å². The molecule has 1 amide bonds. The zero-order valence-corrected chi connectivity index (χ0v) is 14.6. The number of amides is 1. The van der Waals surface area contributed by atoms with Gasteiger partial charge in [0.25, 0.3) is 0 Å². The molecule has 0 radical (unpaired) electrons. The van der Waals surface area contributed by atoms with Crippen LogP contribution in [0.3, 0.4) is 0 Å². The monoisotopic (exact) mass is 367 g/mol. The largest absolute Gasteiger partial charge is 0.325 e. The van der Waals surface area contributed by atoms with Crippen molar-refractivity contribution in [2.24, 2.45) is 0 Å². The quantitative estimate of drug-likeness (QED) is 0.431. The number of nitrogens with one attached hydrogen (secondary N) is 1. The number of carbonyl (C=O) groups excluding carboxylic acids is 1. The Hall–Kier alpha value is -2.71. The van der Waals surface area contributed by atoms with Crippen LogP contribution >= 0.6 is 23.1 Å². The van der Waals surface area contributed by atoms with Crippen LogP contribution in [0, 0.1) is 0 Å². The van der Waals surface area contributed by atoms with E-state index in [9.17, 15) is 4.79 Å². The van der Waals surface area contributed by atoms with Crippen molar-refractivity contribution in [3.63, 3.8) is 0 Å². The second kappa shape index (κ2) is 7.04. The summed E-state index contributed by atoms with van der Waals surface area (Å²) in [5, 5.41) is 5.53. The number of aromatic nitrogens is 4. The van der Waals surface area contributed by atoms with Gasteiger partial charge >= 0.3 is 0 Å². The molecule has 1 N–H and O–H groups in total. The summed E-state index contributed by atoms with van der Waals surface area (Å²) in [6, 6.07) is 9.41. The van der Waals surface area contributed by atoms with Crippen LogP contribution in [-0.4, -0.2) is 31.0 Å². The van der Waals surface area contributed by atoms with Crippen molar-refractivity contribution in [3.8, 4) is 11.3 Å². The van der Waals surface area contributed by atoms with Crippen LogP contribution in [-0.2, 0) is 4.79 Å². The molecule has 124 valence electrons. The first-order valence-corrected chi connectivity index (χ1v) is 9.37. The van der Waals surface area contributed by atoms with Crippen molar-refractivity contribution in [2.75, 3.05) is 11.1 Å². The summed E-state index contributed by atoms with van der Waals surface area (Å²) in [4.78, 5) is 26.0. The Balaban J connectivity index is 1.51. The summed E-state index contributed by atoms with van der Waals surface area (Å²) >= 11 is 2.88. The first-order chi connectivity index (χ1) is 12.3. The third kappa shape index (κ3) is 3.54. The molecule has 0 fully saturated rings. The van der Waals surface area contributed by atoms with Crippen LogP contribution in [0.1, 0.15) is 0 Å². The number of benzene rings is 1. The molecule has 0 saturated heterocycles. The third-order valence-electron chi connectivity index (χ3n) is 3.44. The summed E-state index contributed by atoms with van der Waals surface area (Å²) in [6.07, 6.45) is 7.25. The van der Waals surface area contributed by atoms with E-state index in [2.05, 4.69) is 20.3 Å². The van der Waals surface area contributed by atoms with E-state index >= 15 is 0 Å². The second-order valence-corrected chi connectivity index (χ2v) is 6.95. The van der Waals surface area contributed by atoms with Gasteiger partial charge in [0, 0.05) is 35.7 Å². The Bertz CT molecular complexity index is 984. The average molecular weight is 367 g/mol. The van der Waals surface area contributed by atoms with Crippen molar-refractivity contribution in [3.05, 3.63) is 60.5 Å². The lowest BCUT2D eigenvalue weighted by Crippen LogP contribution is -2.15. The van der Waals surface area contributed by atoms with Crippen molar-refractivity contribution < 1.29 is 4.79 Å². The minimum atomic E-state index is -0.106. The van der Waals surface area contributed by atoms with Gasteiger partial charge in [-0.3, -0.25) is 9.20 Å². The molecule has 0 aliphatic rings. The standard InChI is InChI=1S/C17H13N5OS2/c23-15(11-25-16-18-6-3-7-19-16)20-13-5-2-1-4-12(13)14-10-22-8-9-24-17(22)21-14/h1-10H,11H2,(H,20,23). The fourth-order valence-electron chi connectivity index (χ4n) is 2.35. The molecule has 0 atom stereocenters. The molecular weight excluding hydrogens is 354 g/mol. The predicted octanol–water partition coefficient (Wildman–Crippen LogP) is 3.58. The lowest BCUT2D eigenvalue weighted by molar-refractivity contribution is -0.113. The highest BCUT2D eigenvalue weighted by atomic mass is 32.2. The van der Waals surface area contributed by atoms with Crippen molar-refractivity contribution in [1.29, 1.82) is 0 Å². The molecular formula is C17H13N5OS2. The Morgan fingerprint density at radius 2 is 2.04 bits per heavy atom. The third-order valence-corrected chi connectivity index (χ3v) is 5.09. The van der Waals surface area contributed by atoms with Crippen LogP contribution < -0.4 is 5.32 Å². The second-order valence-electron chi connectivity index (χ2n) is 5.13. The maximum atomic E-state index is 12.3. The van der Waals surface area contributed by atoms with Crippen LogP contribution in [0.25, 0.3) is 16.2 Å². The molecule has 3 aromatic heterocycles. The number of carbonyl (C=O) groups is 1. The molecule has 8 heteroatoms. The lowest BCUT2D eigenvalue weighted by atomic mass is 10.1. The topological polar surface area (TPSA) is 72.2 Å². The first kappa shape index (κ1) is 15.8. The zero-order chi connectivity index (χ0) is 17.1. The molecule has 3 heterocycles. The van der Waals surface area contributed by atoms with Gasteiger partial charge in [0.05, 0.1) is 17.1 Å². The number of rotatable bonds is 5. The summed E-state index contributed by atoms with van der Waals surface area (Å²) < 4.78 is 1.97. The highest BCUT2D eigenvalue weighted by molar-refractivity contribution is 7.99. The summed E-state index contributed by atoms with van der Waals surface area (Å²) in [5.74, 6) is 0.141. The number of thiazole rings is 1. The molecule has 0 bridgehead atoms. The number of anilines is 1. The molecule has 0 aliphatic carbocycles. The maximum Gasteiger partial charge on any atom is 0.234 e. The number of nitrogens with zero attached hydrogens (tertiary/aromatic N) is 4. The lowest BCUT2D eigenvalue weighted by Gasteiger charge is -2.09. The van der Waals surface area contributed by atoms with Gasteiger partial charge < -0.3 is 5.32 Å². The van der Waals surface area contributed by atoms with E-state index in [-0.39, 0.29) is 11.7 Å². The van der Waals surface area contributed by atoms with E-state index in [1.165, 1.54) is 11.8 Å². The van der Waals surface area contributed by atoms with Gasteiger partial charge in [0.15, 0.2) is 10.1 Å². The minimum absolute atomic E-state index is 0.106. The molecule has 0 unspecified atom stereocenters. The molecule has 6 nitrogen and oxygen atoms in total. The Morgan fingerprint density at radius 3 is 2.88 bits per heavy atom. The van der Waals surface area contributed by atoms with Crippen LogP contribution in [0.4, 0.5) is 5.69 Å². The fourth-order valence-corrected chi connectivity index (χ4v) is 3.65. The summed E-state index contributed by atoms with van der Waals surface area (Å²) in [6.45, 7) is 0. The number of fused-ring (bicyclic) bond motifs is 1. The molecule has 0 aliphatic heterocycles. The van der Waals surface area contributed by atoms with Crippen molar-refractivity contribution >= 4 is 39.7 Å². The summed E-state index contributed by atoms with van der Waals surface area (Å²) in [7, 11) is 0. The van der Waals surface area contributed by atoms with Gasteiger partial charge in [-0.05, 0) is 12.1 Å². The highest BCUT2D eigenvalue weighted by Crippen LogP contribution is 2.28. The molecule has 0 saturated carbocycles. The SMILES string of the molecule is O=C(CSc1ncccn1)Nc1ccccc1-c1cn2ccsc2n1. The number of para-hydroxylation sites is 1. The van der Waals surface area contributed by atoms with Gasteiger partial charge in [-0.15, -0.1) is 11.3 Å². The van der Waals surface area contributed by atoms with Crippen molar-refractivity contribution in [2.45, 2.75) is 5.16 Å². The Morgan fingerprint density at radius 1 is 1.20 bits per heavy atom. The predicted molar refractivity (Wildman–Crippen MR) is 99.9 cm³/mol. The first-order valence-electron chi connectivity index (χ1n) is 7.51. The van der Waals surface area contributed by atoms with E-state index in [4.69, 9.17) is 0 Å². The van der Waals surface area contributed by atoms with Gasteiger partial charge in [-0.1, -0.05) is 30.0 Å². The van der Waals surface area contributed by atoms with E-state index < -0.39 is 0 Å². The van der Waals surface area contributed by atoms with Gasteiger partial charge in [-0.25, -0.2) is 15.0 Å². The minimum Gasteiger partial charge on any atom is -0.325 e. The number of hydrogen-bond acceptors (Lipinski definition) is 6. The van der Waals surface area contributed by atoms with Crippen molar-refractivity contribution in [1.82, 2.24) is 19.4 Å². The Kier molecular flexibility index (Phi) is 4.45. The highest BCUT2D eigenvalue weighted by Gasteiger charge is 2.12. The molecule has 4 rings (SSSR count). The fraction of sp³-hybridized carbons (Fsp3) is 0.0588. The van der Waals surface area contributed by atoms with E-state index in [1.54, 1.807) is 29.8 Å². The number of imidazole rings is 1. The van der Waals surface area contributed by atoms with Crippen LogP contribution in [0.5, 0.6) is 0 Å². The van der Waals surface area contributed by atoms with Gasteiger partial charge in [-0.2, -0.15) is 0 Å². The normalized spacial score (nSPS) is 10.9. The van der Waals surface area contributed by atoms with E-state index in [1.807, 2.05) is 46.4 Å². The average Bonchev–Trinajstić information content (AvgIpc) is 3.23. The van der Waals surface area contributed by atoms with Gasteiger partial charge in [0.1, 0.15) is 0 Å². The maximum absolute atomic E-state index is 12.3. The van der Waals surface area contributed by atoms with Crippen LogP contribution in [0.15, 0.2) is 65.7 Å². The summed E-state index contributed by atoms with van der Waals surface area (Å²) in [5.41, 5.74) is 2.47. The molecule has 1 aromatic carbocycles. The smallest absolute Gasteiger partial charge is 0.234 e. The number of thioether (sulfide) groups is 1. The van der Waals surface area contributed by atoms with Crippen LogP contribution in [0.2, 0.25) is 0 Å². The molecule has 4 aromatic rings. The van der Waals surface area contributed by atoms with Gasteiger partial charge in [0.2, 0.25) is 5.91 Å². The Labute approximate surface area is 152 Å². The molecule has 0 spiro atoms.